The van der Waals surface area contributed by atoms with E-state index in [0.717, 1.165) is 24.1 Å². The largest absolute Gasteiger partial charge is 0.507 e. The molecule has 2 unspecified atom stereocenters. The zero-order valence-electron chi connectivity index (χ0n) is 15.5. The number of piperidine rings is 1. The molecule has 1 aliphatic rings. The van der Waals surface area contributed by atoms with Crippen LogP contribution in [-0.2, 0) is 4.79 Å². The topological polar surface area (TPSA) is 108 Å². The van der Waals surface area contributed by atoms with Crippen molar-refractivity contribution < 1.29 is 9.90 Å². The summed E-state index contributed by atoms with van der Waals surface area (Å²) < 4.78 is 0. The van der Waals surface area contributed by atoms with Crippen molar-refractivity contribution in [3.8, 4) is 5.75 Å². The zero-order chi connectivity index (χ0) is 19.6. The monoisotopic (exact) mass is 366 g/mol. The Balaban J connectivity index is 1.84. The van der Waals surface area contributed by atoms with E-state index in [-0.39, 0.29) is 23.6 Å². The zero-order valence-corrected chi connectivity index (χ0v) is 15.5. The molecule has 3 rings (SSSR count). The molecule has 0 aliphatic carbocycles. The Morgan fingerprint density at radius 2 is 2.11 bits per heavy atom. The van der Waals surface area contributed by atoms with Crippen LogP contribution in [0.4, 0.5) is 5.82 Å². The van der Waals surface area contributed by atoms with Gasteiger partial charge in [0.15, 0.2) is 0 Å². The standard InChI is InChI=1S/C21H26N4O2/c1-3-20(27)25-12-14(9-8-13(25)2)18-11-15(21(23)24-18)10-17(22)16-6-4-5-7-19(16)26/h3-7,10-11,13-14,24,26H,1,8-9,12,22-23H2,2H3/b17-10-. The van der Waals surface area contributed by atoms with Crippen molar-refractivity contribution >= 4 is 23.5 Å². The fraction of sp³-hybridized carbons (Fsp3) is 0.286. The molecule has 1 amide bonds. The summed E-state index contributed by atoms with van der Waals surface area (Å²) in [4.78, 5) is 17.2. The highest BCUT2D eigenvalue weighted by Crippen LogP contribution is 2.32. The molecule has 2 heterocycles. The maximum atomic E-state index is 12.1. The molecule has 6 nitrogen and oxygen atoms in total. The molecule has 1 fully saturated rings. The third kappa shape index (κ3) is 3.84. The number of nitrogens with one attached hydrogen (secondary N) is 1. The van der Waals surface area contributed by atoms with Crippen molar-refractivity contribution in [1.82, 2.24) is 9.88 Å². The predicted octanol–water partition coefficient (Wildman–Crippen LogP) is 3.04. The van der Waals surface area contributed by atoms with E-state index in [0.29, 0.717) is 23.6 Å². The summed E-state index contributed by atoms with van der Waals surface area (Å²) in [6, 6.07) is 9.09. The van der Waals surface area contributed by atoms with Crippen LogP contribution in [0.5, 0.6) is 5.75 Å². The molecule has 6 heteroatoms. The fourth-order valence-electron chi connectivity index (χ4n) is 3.60. The number of aromatic amines is 1. The quantitative estimate of drug-likeness (QED) is 0.624. The Labute approximate surface area is 159 Å². The van der Waals surface area contributed by atoms with Crippen LogP contribution in [0.15, 0.2) is 43.0 Å². The Morgan fingerprint density at radius 1 is 1.37 bits per heavy atom. The second-order valence-corrected chi connectivity index (χ2v) is 7.03. The second kappa shape index (κ2) is 7.61. The minimum atomic E-state index is -0.0457. The number of phenols is 1. The number of rotatable bonds is 4. The lowest BCUT2D eigenvalue weighted by Gasteiger charge is -2.37. The third-order valence-corrected chi connectivity index (χ3v) is 5.21. The predicted molar refractivity (Wildman–Crippen MR) is 109 cm³/mol. The molecule has 142 valence electrons. The van der Waals surface area contributed by atoms with Crippen LogP contribution in [0, 0.1) is 0 Å². The molecule has 27 heavy (non-hydrogen) atoms. The SMILES string of the molecule is C=CC(=O)N1CC(c2cc(/C=C(\N)c3ccccc3O)c(N)[nH]2)CCC1C. The summed E-state index contributed by atoms with van der Waals surface area (Å²) in [6.45, 7) is 6.28. The van der Waals surface area contributed by atoms with Gasteiger partial charge in [-0.3, -0.25) is 4.79 Å². The molecular weight excluding hydrogens is 340 g/mol. The number of hydrogen-bond acceptors (Lipinski definition) is 4. The molecule has 1 aromatic heterocycles. The number of nitrogen functional groups attached to an aromatic ring is 1. The maximum Gasteiger partial charge on any atom is 0.246 e. The number of carbonyl (C=O) groups excluding carboxylic acids is 1. The minimum absolute atomic E-state index is 0.0457. The van der Waals surface area contributed by atoms with E-state index >= 15 is 0 Å². The van der Waals surface area contributed by atoms with E-state index in [1.807, 2.05) is 17.0 Å². The van der Waals surface area contributed by atoms with Crippen molar-refractivity contribution in [3.63, 3.8) is 0 Å². The lowest BCUT2D eigenvalue weighted by Crippen LogP contribution is -2.44. The Morgan fingerprint density at radius 3 is 2.81 bits per heavy atom. The number of phenolic OH excluding ortho intramolecular Hbond substituents is 1. The van der Waals surface area contributed by atoms with Crippen LogP contribution in [-0.4, -0.2) is 33.5 Å². The Kier molecular flexibility index (Phi) is 5.26. The van der Waals surface area contributed by atoms with E-state index in [1.165, 1.54) is 6.08 Å². The summed E-state index contributed by atoms with van der Waals surface area (Å²) in [5.74, 6) is 0.778. The first-order valence-corrected chi connectivity index (χ1v) is 9.07. The van der Waals surface area contributed by atoms with Gasteiger partial charge in [-0.05, 0) is 50.1 Å². The lowest BCUT2D eigenvalue weighted by molar-refractivity contribution is -0.129. The number of H-pyrrole nitrogens is 1. The van der Waals surface area contributed by atoms with Gasteiger partial charge in [0.2, 0.25) is 5.91 Å². The molecule has 0 spiro atoms. The number of para-hydroxylation sites is 1. The van der Waals surface area contributed by atoms with Crippen LogP contribution >= 0.6 is 0 Å². The summed E-state index contributed by atoms with van der Waals surface area (Å²) >= 11 is 0. The highest BCUT2D eigenvalue weighted by atomic mass is 16.3. The van der Waals surface area contributed by atoms with Crippen LogP contribution in [0.3, 0.4) is 0 Å². The molecule has 1 saturated heterocycles. The lowest BCUT2D eigenvalue weighted by atomic mass is 9.90. The molecule has 1 aromatic carbocycles. The molecule has 0 saturated carbocycles. The summed E-state index contributed by atoms with van der Waals surface area (Å²) in [5.41, 5.74) is 15.0. The third-order valence-electron chi connectivity index (χ3n) is 5.21. The van der Waals surface area contributed by atoms with Crippen molar-refractivity contribution in [2.75, 3.05) is 12.3 Å². The first-order valence-electron chi connectivity index (χ1n) is 9.07. The van der Waals surface area contributed by atoms with Gasteiger partial charge in [0, 0.05) is 41.0 Å². The molecule has 6 N–H and O–H groups in total. The van der Waals surface area contributed by atoms with Crippen molar-refractivity contribution in [1.29, 1.82) is 0 Å². The number of nitrogens with two attached hydrogens (primary N) is 2. The van der Waals surface area contributed by atoms with E-state index in [1.54, 1.807) is 24.3 Å². The van der Waals surface area contributed by atoms with Crippen molar-refractivity contribution in [3.05, 3.63) is 59.8 Å². The normalized spacial score (nSPS) is 20.5. The summed E-state index contributed by atoms with van der Waals surface area (Å²) in [6.07, 6.45) is 5.01. The van der Waals surface area contributed by atoms with Gasteiger partial charge in [0.1, 0.15) is 11.6 Å². The smallest absolute Gasteiger partial charge is 0.246 e. The number of nitrogens with zero attached hydrogens (tertiary/aromatic N) is 1. The van der Waals surface area contributed by atoms with Gasteiger partial charge in [-0.1, -0.05) is 18.7 Å². The first kappa shape index (κ1) is 18.6. The van der Waals surface area contributed by atoms with E-state index < -0.39 is 0 Å². The van der Waals surface area contributed by atoms with E-state index in [4.69, 9.17) is 11.5 Å². The second-order valence-electron chi connectivity index (χ2n) is 7.03. The number of likely N-dealkylation sites (tertiary alicyclic amines) is 1. The number of hydrogen-bond donors (Lipinski definition) is 4. The number of amides is 1. The fourth-order valence-corrected chi connectivity index (χ4v) is 3.60. The molecule has 0 bridgehead atoms. The van der Waals surface area contributed by atoms with E-state index in [9.17, 15) is 9.90 Å². The van der Waals surface area contributed by atoms with Crippen LogP contribution in [0.2, 0.25) is 0 Å². The minimum Gasteiger partial charge on any atom is -0.507 e. The van der Waals surface area contributed by atoms with Gasteiger partial charge in [-0.2, -0.15) is 0 Å². The Bertz CT molecular complexity index is 884. The van der Waals surface area contributed by atoms with Crippen LogP contribution < -0.4 is 11.5 Å². The van der Waals surface area contributed by atoms with Crippen molar-refractivity contribution in [2.24, 2.45) is 5.73 Å². The van der Waals surface area contributed by atoms with Crippen LogP contribution in [0.1, 0.15) is 42.5 Å². The molecular formula is C21H26N4O2. The number of benzene rings is 1. The molecule has 2 atom stereocenters. The van der Waals surface area contributed by atoms with Gasteiger partial charge in [0.05, 0.1) is 0 Å². The average Bonchev–Trinajstić information content (AvgIpc) is 3.02. The van der Waals surface area contributed by atoms with Gasteiger partial charge < -0.3 is 26.5 Å². The van der Waals surface area contributed by atoms with Crippen LogP contribution in [0.25, 0.3) is 11.8 Å². The van der Waals surface area contributed by atoms with Gasteiger partial charge >= 0.3 is 0 Å². The summed E-state index contributed by atoms with van der Waals surface area (Å²) in [5, 5.41) is 9.96. The first-order chi connectivity index (χ1) is 12.9. The van der Waals surface area contributed by atoms with E-state index in [2.05, 4.69) is 18.5 Å². The van der Waals surface area contributed by atoms with Gasteiger partial charge in [-0.15, -0.1) is 0 Å². The van der Waals surface area contributed by atoms with Crippen molar-refractivity contribution in [2.45, 2.75) is 31.7 Å². The molecule has 2 aromatic rings. The maximum absolute atomic E-state index is 12.1. The average molecular weight is 366 g/mol. The van der Waals surface area contributed by atoms with Gasteiger partial charge in [0.25, 0.3) is 0 Å². The number of carbonyl (C=O) groups is 1. The molecule has 0 radical (unpaired) electrons. The van der Waals surface area contributed by atoms with Gasteiger partial charge in [-0.25, -0.2) is 0 Å². The summed E-state index contributed by atoms with van der Waals surface area (Å²) in [7, 11) is 0. The highest BCUT2D eigenvalue weighted by Gasteiger charge is 2.29. The highest BCUT2D eigenvalue weighted by molar-refractivity contribution is 5.87. The number of aromatic hydroxyl groups is 1. The number of anilines is 1. The number of aromatic nitrogens is 1. The Hall–Kier alpha value is -3.15. The molecule has 1 aliphatic heterocycles.